The molecule has 16 heavy (non-hydrogen) atoms. The van der Waals surface area contributed by atoms with Crippen LogP contribution in [0.25, 0.3) is 0 Å². The lowest BCUT2D eigenvalue weighted by atomic mass is 10.3. The van der Waals surface area contributed by atoms with Gasteiger partial charge in [-0.25, -0.2) is 5.84 Å². The molecule has 2 aromatic heterocycles. The SMILES string of the molecule is NNC(=O)c1cc(Cn2cc(Cl)cn2)on1. The summed E-state index contributed by atoms with van der Waals surface area (Å²) in [6, 6.07) is 1.48. The number of halogens is 1. The van der Waals surface area contributed by atoms with E-state index in [0.29, 0.717) is 17.3 Å². The van der Waals surface area contributed by atoms with Crippen molar-refractivity contribution < 1.29 is 9.32 Å². The highest BCUT2D eigenvalue weighted by atomic mass is 35.5. The first-order valence-corrected chi connectivity index (χ1v) is 4.71. The molecule has 1 amide bonds. The van der Waals surface area contributed by atoms with Crippen LogP contribution < -0.4 is 11.3 Å². The van der Waals surface area contributed by atoms with Crippen LogP contribution in [0, 0.1) is 0 Å². The van der Waals surface area contributed by atoms with Gasteiger partial charge < -0.3 is 4.52 Å². The summed E-state index contributed by atoms with van der Waals surface area (Å²) in [5.74, 6) is 4.93. The Labute approximate surface area is 95.1 Å². The van der Waals surface area contributed by atoms with Gasteiger partial charge in [0.25, 0.3) is 5.91 Å². The average Bonchev–Trinajstić information content (AvgIpc) is 2.87. The summed E-state index contributed by atoms with van der Waals surface area (Å²) in [6.45, 7) is 0.345. The molecule has 0 spiro atoms. The maximum absolute atomic E-state index is 11.1. The Morgan fingerprint density at radius 1 is 1.69 bits per heavy atom. The molecule has 0 saturated heterocycles. The number of carbonyl (C=O) groups is 1. The Bertz CT molecular complexity index is 506. The van der Waals surface area contributed by atoms with E-state index in [0.717, 1.165) is 0 Å². The normalized spacial score (nSPS) is 10.4. The van der Waals surface area contributed by atoms with Crippen molar-refractivity contribution >= 4 is 17.5 Å². The third-order valence-corrected chi connectivity index (χ3v) is 2.04. The standard InChI is InChI=1S/C8H8ClN5O2/c9-5-2-11-14(3-5)4-6-1-7(13-16-6)8(15)12-10/h1-3H,4,10H2,(H,12,15). The Balaban J connectivity index is 2.11. The molecule has 2 heterocycles. The van der Waals surface area contributed by atoms with Crippen LogP contribution in [0.4, 0.5) is 0 Å². The van der Waals surface area contributed by atoms with E-state index in [-0.39, 0.29) is 5.69 Å². The molecule has 0 saturated carbocycles. The predicted octanol–water partition coefficient (Wildman–Crippen LogP) is 0.176. The molecule has 0 radical (unpaired) electrons. The van der Waals surface area contributed by atoms with E-state index in [4.69, 9.17) is 22.0 Å². The molecule has 0 fully saturated rings. The first-order valence-electron chi connectivity index (χ1n) is 4.33. The van der Waals surface area contributed by atoms with Crippen LogP contribution in [0.1, 0.15) is 16.2 Å². The number of hydrazine groups is 1. The zero-order valence-corrected chi connectivity index (χ0v) is 8.81. The lowest BCUT2D eigenvalue weighted by Gasteiger charge is -1.94. The molecule has 0 unspecified atom stereocenters. The van der Waals surface area contributed by atoms with Gasteiger partial charge >= 0.3 is 0 Å². The summed E-state index contributed by atoms with van der Waals surface area (Å²) in [5, 5.41) is 8.03. The molecule has 3 N–H and O–H groups in total. The number of nitrogens with two attached hydrogens (primary N) is 1. The maximum Gasteiger partial charge on any atom is 0.287 e. The Hall–Kier alpha value is -1.86. The van der Waals surface area contributed by atoms with Crippen molar-refractivity contribution in [2.75, 3.05) is 0 Å². The zero-order valence-electron chi connectivity index (χ0n) is 8.05. The van der Waals surface area contributed by atoms with E-state index in [1.54, 1.807) is 10.9 Å². The second-order valence-corrected chi connectivity index (χ2v) is 3.44. The van der Waals surface area contributed by atoms with Crippen molar-refractivity contribution in [2.24, 2.45) is 5.84 Å². The van der Waals surface area contributed by atoms with Gasteiger partial charge in [0.05, 0.1) is 11.2 Å². The molecule has 0 aliphatic rings. The fourth-order valence-electron chi connectivity index (χ4n) is 1.15. The van der Waals surface area contributed by atoms with E-state index in [1.807, 2.05) is 5.43 Å². The van der Waals surface area contributed by atoms with Crippen LogP contribution in [0.15, 0.2) is 23.0 Å². The van der Waals surface area contributed by atoms with Crippen LogP contribution in [-0.4, -0.2) is 20.8 Å². The van der Waals surface area contributed by atoms with Gasteiger partial charge in [0.15, 0.2) is 11.5 Å². The summed E-state index contributed by atoms with van der Waals surface area (Å²) < 4.78 is 6.49. The summed E-state index contributed by atoms with van der Waals surface area (Å²) in [4.78, 5) is 11.1. The van der Waals surface area contributed by atoms with Gasteiger partial charge in [0.1, 0.15) is 6.54 Å². The number of amides is 1. The molecular weight excluding hydrogens is 234 g/mol. The average molecular weight is 242 g/mol. The lowest BCUT2D eigenvalue weighted by molar-refractivity contribution is 0.0944. The Kier molecular flexibility index (Phi) is 2.88. The number of nitrogens with zero attached hydrogens (tertiary/aromatic N) is 3. The molecule has 0 aromatic carbocycles. The fraction of sp³-hybridized carbons (Fsp3) is 0.125. The van der Waals surface area contributed by atoms with Gasteiger partial charge in [-0.2, -0.15) is 5.10 Å². The minimum Gasteiger partial charge on any atom is -0.359 e. The minimum absolute atomic E-state index is 0.121. The highest BCUT2D eigenvalue weighted by Gasteiger charge is 2.11. The molecular formula is C8H8ClN5O2. The van der Waals surface area contributed by atoms with Crippen molar-refractivity contribution in [2.45, 2.75) is 6.54 Å². The highest BCUT2D eigenvalue weighted by molar-refractivity contribution is 6.30. The van der Waals surface area contributed by atoms with Gasteiger partial charge in [0.2, 0.25) is 0 Å². The number of nitrogen functional groups attached to an aromatic ring is 1. The van der Waals surface area contributed by atoms with Gasteiger partial charge in [-0.3, -0.25) is 14.9 Å². The predicted molar refractivity (Wildman–Crippen MR) is 54.5 cm³/mol. The van der Waals surface area contributed by atoms with Crippen LogP contribution in [-0.2, 0) is 6.54 Å². The molecule has 2 rings (SSSR count). The Morgan fingerprint density at radius 3 is 3.12 bits per heavy atom. The first kappa shape index (κ1) is 10.7. The van der Waals surface area contributed by atoms with Gasteiger partial charge in [-0.05, 0) is 0 Å². The van der Waals surface area contributed by atoms with Gasteiger partial charge in [-0.15, -0.1) is 0 Å². The second kappa shape index (κ2) is 4.33. The van der Waals surface area contributed by atoms with E-state index >= 15 is 0 Å². The third-order valence-electron chi connectivity index (χ3n) is 1.84. The smallest absolute Gasteiger partial charge is 0.287 e. The molecule has 0 atom stereocenters. The first-order chi connectivity index (χ1) is 7.69. The van der Waals surface area contributed by atoms with Crippen molar-refractivity contribution in [3.8, 4) is 0 Å². The van der Waals surface area contributed by atoms with E-state index in [9.17, 15) is 4.79 Å². The molecule has 0 bridgehead atoms. The molecule has 84 valence electrons. The van der Waals surface area contributed by atoms with Crippen LogP contribution >= 0.6 is 11.6 Å². The molecule has 0 aliphatic carbocycles. The number of rotatable bonds is 3. The van der Waals surface area contributed by atoms with Crippen LogP contribution in [0.5, 0.6) is 0 Å². The molecule has 7 nitrogen and oxygen atoms in total. The van der Waals surface area contributed by atoms with E-state index < -0.39 is 5.91 Å². The number of hydrogen-bond acceptors (Lipinski definition) is 5. The fourth-order valence-corrected chi connectivity index (χ4v) is 1.31. The summed E-state index contributed by atoms with van der Waals surface area (Å²) in [6.07, 6.45) is 3.14. The quantitative estimate of drug-likeness (QED) is 0.454. The van der Waals surface area contributed by atoms with Crippen molar-refractivity contribution in [1.82, 2.24) is 20.4 Å². The van der Waals surface area contributed by atoms with E-state index in [1.165, 1.54) is 12.3 Å². The number of carbonyl (C=O) groups excluding carboxylic acids is 1. The molecule has 8 heteroatoms. The zero-order chi connectivity index (χ0) is 11.5. The molecule has 0 aliphatic heterocycles. The second-order valence-electron chi connectivity index (χ2n) is 3.01. The van der Waals surface area contributed by atoms with Crippen LogP contribution in [0.2, 0.25) is 5.02 Å². The topological polar surface area (TPSA) is 99.0 Å². The van der Waals surface area contributed by atoms with Crippen molar-refractivity contribution in [3.63, 3.8) is 0 Å². The number of hydrogen-bond donors (Lipinski definition) is 2. The van der Waals surface area contributed by atoms with Crippen molar-refractivity contribution in [1.29, 1.82) is 0 Å². The number of aromatic nitrogens is 3. The summed E-state index contributed by atoms with van der Waals surface area (Å²) >= 11 is 5.69. The minimum atomic E-state index is -0.506. The number of nitrogens with one attached hydrogen (secondary N) is 1. The molecule has 2 aromatic rings. The van der Waals surface area contributed by atoms with Gasteiger partial charge in [0, 0.05) is 12.3 Å². The highest BCUT2D eigenvalue weighted by Crippen LogP contribution is 2.09. The Morgan fingerprint density at radius 2 is 2.50 bits per heavy atom. The maximum atomic E-state index is 11.1. The largest absolute Gasteiger partial charge is 0.359 e. The lowest BCUT2D eigenvalue weighted by Crippen LogP contribution is -2.30. The summed E-state index contributed by atoms with van der Waals surface area (Å²) in [5.41, 5.74) is 2.08. The third kappa shape index (κ3) is 2.20. The van der Waals surface area contributed by atoms with E-state index in [2.05, 4.69) is 10.3 Å². The van der Waals surface area contributed by atoms with Crippen LogP contribution in [0.3, 0.4) is 0 Å². The van der Waals surface area contributed by atoms with Gasteiger partial charge in [-0.1, -0.05) is 16.8 Å². The monoisotopic (exact) mass is 241 g/mol. The van der Waals surface area contributed by atoms with Crippen molar-refractivity contribution in [3.05, 3.63) is 34.9 Å². The summed E-state index contributed by atoms with van der Waals surface area (Å²) in [7, 11) is 0.